The number of sulfonamides is 1. The predicted octanol–water partition coefficient (Wildman–Crippen LogP) is 3.70. The summed E-state index contributed by atoms with van der Waals surface area (Å²) in [5.41, 5.74) is 1.70. The summed E-state index contributed by atoms with van der Waals surface area (Å²) in [6.07, 6.45) is 1.64. The molecule has 150 valence electrons. The summed E-state index contributed by atoms with van der Waals surface area (Å²) in [7, 11) is -3.90. The van der Waals surface area contributed by atoms with E-state index in [-0.39, 0.29) is 28.1 Å². The Kier molecular flexibility index (Phi) is 6.64. The van der Waals surface area contributed by atoms with Gasteiger partial charge >= 0.3 is 0 Å². The smallest absolute Gasteiger partial charge is 0.251 e. The molecule has 8 heteroatoms. The molecular formula is C21H20ClN3O3S. The van der Waals surface area contributed by atoms with Crippen LogP contribution in [0, 0.1) is 0 Å². The number of carbonyl (C=O) groups is 1. The lowest BCUT2D eigenvalue weighted by Gasteiger charge is -2.14. The molecule has 0 radical (unpaired) electrons. The molecule has 0 aliphatic heterocycles. The van der Waals surface area contributed by atoms with Crippen molar-refractivity contribution in [1.29, 1.82) is 0 Å². The number of hydrogen-bond acceptors (Lipinski definition) is 4. The molecule has 0 spiro atoms. The average Bonchev–Trinajstić information content (AvgIpc) is 2.74. The molecule has 2 aromatic carbocycles. The zero-order chi connectivity index (χ0) is 20.9. The van der Waals surface area contributed by atoms with Crippen molar-refractivity contribution in [2.45, 2.75) is 24.4 Å². The van der Waals surface area contributed by atoms with Crippen LogP contribution in [0.2, 0.25) is 5.02 Å². The molecule has 2 N–H and O–H groups in total. The highest BCUT2D eigenvalue weighted by Crippen LogP contribution is 2.23. The number of benzene rings is 2. The van der Waals surface area contributed by atoms with E-state index in [4.69, 9.17) is 11.6 Å². The topological polar surface area (TPSA) is 88.2 Å². The minimum absolute atomic E-state index is 0.0416. The molecule has 29 heavy (non-hydrogen) atoms. The Morgan fingerprint density at radius 1 is 1.07 bits per heavy atom. The summed E-state index contributed by atoms with van der Waals surface area (Å²) < 4.78 is 27.9. The van der Waals surface area contributed by atoms with Gasteiger partial charge in [0.1, 0.15) is 4.90 Å². The number of rotatable bonds is 7. The van der Waals surface area contributed by atoms with E-state index in [0.29, 0.717) is 5.69 Å². The Bertz CT molecular complexity index is 1090. The standard InChI is InChI=1S/C21H20ClN3O3S/c1-15(19-9-5-6-12-23-19)25-21(26)17-10-11-18(22)20(13-17)29(27,28)24-14-16-7-3-2-4-8-16/h2-13,15,24H,14H2,1H3,(H,25,26). The van der Waals surface area contributed by atoms with Gasteiger partial charge in [-0.3, -0.25) is 9.78 Å². The maximum atomic E-state index is 12.7. The SMILES string of the molecule is CC(NC(=O)c1ccc(Cl)c(S(=O)(=O)NCc2ccccc2)c1)c1ccccn1. The third-order valence-electron chi connectivity index (χ3n) is 4.27. The van der Waals surface area contributed by atoms with Crippen molar-refractivity contribution in [2.24, 2.45) is 0 Å². The first-order valence-corrected chi connectivity index (χ1v) is 10.8. The lowest BCUT2D eigenvalue weighted by atomic mass is 10.1. The fraction of sp³-hybridized carbons (Fsp3) is 0.143. The van der Waals surface area contributed by atoms with Gasteiger partial charge in [0, 0.05) is 18.3 Å². The molecule has 3 aromatic rings. The van der Waals surface area contributed by atoms with Crippen molar-refractivity contribution in [3.63, 3.8) is 0 Å². The third kappa shape index (κ3) is 5.41. The van der Waals surface area contributed by atoms with E-state index in [0.717, 1.165) is 5.56 Å². The maximum Gasteiger partial charge on any atom is 0.251 e. The number of nitrogens with zero attached hydrogens (tertiary/aromatic N) is 1. The van der Waals surface area contributed by atoms with Crippen molar-refractivity contribution in [2.75, 3.05) is 0 Å². The highest BCUT2D eigenvalue weighted by Gasteiger charge is 2.21. The largest absolute Gasteiger partial charge is 0.344 e. The number of carbonyl (C=O) groups excluding carboxylic acids is 1. The monoisotopic (exact) mass is 429 g/mol. The van der Waals surface area contributed by atoms with Gasteiger partial charge in [0.05, 0.1) is 16.8 Å². The van der Waals surface area contributed by atoms with E-state index in [2.05, 4.69) is 15.0 Å². The van der Waals surface area contributed by atoms with E-state index in [9.17, 15) is 13.2 Å². The zero-order valence-corrected chi connectivity index (χ0v) is 17.2. The Morgan fingerprint density at radius 3 is 2.48 bits per heavy atom. The molecule has 0 aliphatic rings. The highest BCUT2D eigenvalue weighted by molar-refractivity contribution is 7.89. The van der Waals surface area contributed by atoms with Gasteiger partial charge in [-0.1, -0.05) is 48.0 Å². The third-order valence-corrected chi connectivity index (χ3v) is 6.15. The van der Waals surface area contributed by atoms with Gasteiger partial charge in [0.25, 0.3) is 5.91 Å². The van der Waals surface area contributed by atoms with E-state index in [1.165, 1.54) is 18.2 Å². The van der Waals surface area contributed by atoms with E-state index < -0.39 is 15.9 Å². The van der Waals surface area contributed by atoms with Gasteiger partial charge in [0.15, 0.2) is 0 Å². The van der Waals surface area contributed by atoms with Crippen LogP contribution < -0.4 is 10.0 Å². The quantitative estimate of drug-likeness (QED) is 0.599. The molecule has 1 atom stereocenters. The molecule has 0 saturated carbocycles. The van der Waals surface area contributed by atoms with Crippen LogP contribution in [0.3, 0.4) is 0 Å². The van der Waals surface area contributed by atoms with E-state index in [1.807, 2.05) is 36.4 Å². The normalized spacial score (nSPS) is 12.3. The minimum atomic E-state index is -3.90. The summed E-state index contributed by atoms with van der Waals surface area (Å²) in [6, 6.07) is 18.4. The molecule has 1 aromatic heterocycles. The number of aromatic nitrogens is 1. The molecule has 1 amide bonds. The van der Waals surface area contributed by atoms with Crippen LogP contribution >= 0.6 is 11.6 Å². The summed E-state index contributed by atoms with van der Waals surface area (Å²) in [6.45, 7) is 1.92. The van der Waals surface area contributed by atoms with Gasteiger partial charge in [-0.25, -0.2) is 13.1 Å². The number of amides is 1. The van der Waals surface area contributed by atoms with E-state index in [1.54, 1.807) is 25.3 Å². The van der Waals surface area contributed by atoms with Gasteiger partial charge < -0.3 is 5.32 Å². The van der Waals surface area contributed by atoms with Gasteiger partial charge in [-0.05, 0) is 42.8 Å². The maximum absolute atomic E-state index is 12.7. The van der Waals surface area contributed by atoms with Gasteiger partial charge in [-0.2, -0.15) is 0 Å². The second kappa shape index (κ2) is 9.17. The Hall–Kier alpha value is -2.74. The Balaban J connectivity index is 1.77. The van der Waals surface area contributed by atoms with Gasteiger partial charge in [-0.15, -0.1) is 0 Å². The summed E-state index contributed by atoms with van der Waals surface area (Å²) in [4.78, 5) is 16.7. The van der Waals surface area contributed by atoms with Crippen LogP contribution in [0.1, 0.15) is 34.6 Å². The van der Waals surface area contributed by atoms with Crippen molar-refractivity contribution in [1.82, 2.24) is 15.0 Å². The zero-order valence-electron chi connectivity index (χ0n) is 15.7. The number of hydrogen-bond donors (Lipinski definition) is 2. The molecule has 0 fully saturated rings. The van der Waals surface area contributed by atoms with Crippen LogP contribution in [0.15, 0.2) is 77.8 Å². The van der Waals surface area contributed by atoms with Crippen LogP contribution in [-0.2, 0) is 16.6 Å². The Labute approximate surface area is 175 Å². The van der Waals surface area contributed by atoms with Crippen LogP contribution in [-0.4, -0.2) is 19.3 Å². The van der Waals surface area contributed by atoms with Crippen LogP contribution in [0.5, 0.6) is 0 Å². The second-order valence-corrected chi connectivity index (χ2v) is 8.55. The first-order chi connectivity index (χ1) is 13.9. The first-order valence-electron chi connectivity index (χ1n) is 8.92. The van der Waals surface area contributed by atoms with E-state index >= 15 is 0 Å². The highest BCUT2D eigenvalue weighted by atomic mass is 35.5. The van der Waals surface area contributed by atoms with Crippen molar-refractivity contribution >= 4 is 27.5 Å². The number of halogens is 1. The van der Waals surface area contributed by atoms with Crippen molar-refractivity contribution in [3.8, 4) is 0 Å². The first kappa shape index (κ1) is 21.0. The average molecular weight is 430 g/mol. The molecule has 1 unspecified atom stereocenters. The summed E-state index contributed by atoms with van der Waals surface area (Å²) in [5, 5.41) is 2.85. The molecular weight excluding hydrogens is 410 g/mol. The number of nitrogens with one attached hydrogen (secondary N) is 2. The lowest BCUT2D eigenvalue weighted by Crippen LogP contribution is -2.28. The lowest BCUT2D eigenvalue weighted by molar-refractivity contribution is 0.0939. The fourth-order valence-electron chi connectivity index (χ4n) is 2.69. The molecule has 6 nitrogen and oxygen atoms in total. The fourth-order valence-corrected chi connectivity index (χ4v) is 4.23. The second-order valence-electron chi connectivity index (χ2n) is 6.41. The summed E-state index contributed by atoms with van der Waals surface area (Å²) in [5.74, 6) is -0.417. The molecule has 0 aliphatic carbocycles. The Morgan fingerprint density at radius 2 is 1.79 bits per heavy atom. The molecule has 3 rings (SSSR count). The molecule has 0 bridgehead atoms. The summed E-state index contributed by atoms with van der Waals surface area (Å²) >= 11 is 6.11. The van der Waals surface area contributed by atoms with Crippen LogP contribution in [0.25, 0.3) is 0 Å². The van der Waals surface area contributed by atoms with Crippen LogP contribution in [0.4, 0.5) is 0 Å². The molecule has 0 saturated heterocycles. The number of pyridine rings is 1. The predicted molar refractivity (Wildman–Crippen MR) is 112 cm³/mol. The van der Waals surface area contributed by atoms with Crippen molar-refractivity contribution < 1.29 is 13.2 Å². The molecule has 1 heterocycles. The van der Waals surface area contributed by atoms with Crippen molar-refractivity contribution in [3.05, 3.63) is 94.8 Å². The van der Waals surface area contributed by atoms with Gasteiger partial charge in [0.2, 0.25) is 10.0 Å². The minimum Gasteiger partial charge on any atom is -0.344 e.